The van der Waals surface area contributed by atoms with E-state index in [4.69, 9.17) is 5.26 Å². The highest BCUT2D eigenvalue weighted by Gasteiger charge is 2.10. The van der Waals surface area contributed by atoms with Crippen molar-refractivity contribution in [2.75, 3.05) is 18.9 Å². The molecule has 0 aromatic heterocycles. The van der Waals surface area contributed by atoms with Crippen LogP contribution in [-0.2, 0) is 0 Å². The van der Waals surface area contributed by atoms with Gasteiger partial charge in [0, 0.05) is 31.4 Å². The summed E-state index contributed by atoms with van der Waals surface area (Å²) >= 11 is 0. The number of hydrogen-bond donors (Lipinski definition) is 1. The highest BCUT2D eigenvalue weighted by Crippen LogP contribution is 2.17. The maximum atomic E-state index is 11.6. The molecule has 0 bridgehead atoms. The van der Waals surface area contributed by atoms with Gasteiger partial charge >= 0.3 is 6.03 Å². The quantitative estimate of drug-likeness (QED) is 0.650. The minimum Gasteiger partial charge on any atom is -0.327 e. The number of carbonyl (C=O) groups excluding carboxylic acids is 1. The van der Waals surface area contributed by atoms with Crippen molar-refractivity contribution < 1.29 is 9.72 Å². The van der Waals surface area contributed by atoms with E-state index in [1.807, 2.05) is 6.07 Å². The first kappa shape index (κ1) is 13.4. The van der Waals surface area contributed by atoms with Crippen LogP contribution in [0.5, 0.6) is 0 Å². The van der Waals surface area contributed by atoms with Gasteiger partial charge in [0.25, 0.3) is 5.69 Å². The second-order valence-electron chi connectivity index (χ2n) is 3.57. The van der Waals surface area contributed by atoms with Crippen molar-refractivity contribution in [1.82, 2.24) is 4.90 Å². The molecule has 18 heavy (non-hydrogen) atoms. The normalized spacial score (nSPS) is 9.33. The Morgan fingerprint density at radius 2 is 2.33 bits per heavy atom. The summed E-state index contributed by atoms with van der Waals surface area (Å²) in [6.07, 6.45) is 0.235. The molecule has 7 heteroatoms. The van der Waals surface area contributed by atoms with Crippen LogP contribution in [0.1, 0.15) is 6.42 Å². The van der Waals surface area contributed by atoms with Crippen LogP contribution < -0.4 is 5.32 Å². The second kappa shape index (κ2) is 6.20. The summed E-state index contributed by atoms with van der Waals surface area (Å²) in [6.45, 7) is 0.303. The molecule has 2 amide bonds. The first-order valence-electron chi connectivity index (χ1n) is 5.18. The summed E-state index contributed by atoms with van der Waals surface area (Å²) < 4.78 is 0. The van der Waals surface area contributed by atoms with E-state index in [1.54, 1.807) is 13.1 Å². The number of nitrogens with one attached hydrogen (secondary N) is 1. The zero-order valence-corrected chi connectivity index (χ0v) is 9.79. The lowest BCUT2D eigenvalue weighted by atomic mass is 10.3. The van der Waals surface area contributed by atoms with E-state index >= 15 is 0 Å². The molecular formula is C11H12N4O3. The van der Waals surface area contributed by atoms with E-state index in [-0.39, 0.29) is 12.1 Å². The summed E-state index contributed by atoms with van der Waals surface area (Å²) in [5, 5.41) is 21.5. The number of rotatable bonds is 4. The monoisotopic (exact) mass is 248 g/mol. The predicted octanol–water partition coefficient (Wildman–Crippen LogP) is 1.97. The van der Waals surface area contributed by atoms with Gasteiger partial charge in [0.1, 0.15) is 0 Å². The maximum absolute atomic E-state index is 11.6. The molecule has 0 aliphatic rings. The fourth-order valence-corrected chi connectivity index (χ4v) is 1.24. The Morgan fingerprint density at radius 1 is 1.61 bits per heavy atom. The van der Waals surface area contributed by atoms with Crippen molar-refractivity contribution in [3.63, 3.8) is 0 Å². The number of urea groups is 1. The molecule has 0 fully saturated rings. The summed E-state index contributed by atoms with van der Waals surface area (Å²) in [5.41, 5.74) is 0.255. The summed E-state index contributed by atoms with van der Waals surface area (Å²) in [7, 11) is 1.55. The van der Waals surface area contributed by atoms with Gasteiger partial charge in [-0.25, -0.2) is 4.79 Å². The number of carbonyl (C=O) groups is 1. The summed E-state index contributed by atoms with van der Waals surface area (Å²) in [4.78, 5) is 23.0. The van der Waals surface area contributed by atoms with Gasteiger partial charge in [-0.2, -0.15) is 5.26 Å². The molecule has 0 heterocycles. The number of nitro groups is 1. The zero-order chi connectivity index (χ0) is 13.5. The number of anilines is 1. The standard InChI is InChI=1S/C11H12N4O3/c1-14(7-3-6-12)11(16)13-9-4-2-5-10(8-9)15(17)18/h2,4-5,8H,3,7H2,1H3,(H,13,16). The number of amides is 2. The minimum atomic E-state index is -0.533. The van der Waals surface area contributed by atoms with E-state index in [1.165, 1.54) is 23.1 Å². The van der Waals surface area contributed by atoms with Gasteiger partial charge in [-0.1, -0.05) is 6.07 Å². The Balaban J connectivity index is 2.67. The first-order chi connectivity index (χ1) is 8.54. The van der Waals surface area contributed by atoms with Crippen LogP contribution in [0.15, 0.2) is 24.3 Å². The third-order valence-electron chi connectivity index (χ3n) is 2.21. The number of non-ortho nitro benzene ring substituents is 1. The number of nitro benzene ring substituents is 1. The molecule has 1 aromatic rings. The number of nitrogens with zero attached hydrogens (tertiary/aromatic N) is 3. The molecule has 0 radical (unpaired) electrons. The van der Waals surface area contributed by atoms with Crippen LogP contribution >= 0.6 is 0 Å². The van der Waals surface area contributed by atoms with Crippen molar-refractivity contribution >= 4 is 17.4 Å². The van der Waals surface area contributed by atoms with E-state index in [0.717, 1.165) is 0 Å². The fraction of sp³-hybridized carbons (Fsp3) is 0.273. The highest BCUT2D eigenvalue weighted by molar-refractivity contribution is 5.89. The van der Waals surface area contributed by atoms with Crippen molar-refractivity contribution in [3.8, 4) is 6.07 Å². The summed E-state index contributed by atoms with van der Waals surface area (Å²) in [6, 6.07) is 7.18. The molecule has 94 valence electrons. The lowest BCUT2D eigenvalue weighted by Crippen LogP contribution is -2.31. The molecule has 0 spiro atoms. The van der Waals surface area contributed by atoms with Crippen molar-refractivity contribution in [2.24, 2.45) is 0 Å². The minimum absolute atomic E-state index is 0.0903. The van der Waals surface area contributed by atoms with Crippen molar-refractivity contribution in [2.45, 2.75) is 6.42 Å². The molecule has 0 saturated heterocycles. The van der Waals surface area contributed by atoms with Crippen molar-refractivity contribution in [3.05, 3.63) is 34.4 Å². The fourth-order valence-electron chi connectivity index (χ4n) is 1.24. The Kier molecular flexibility index (Phi) is 4.63. The lowest BCUT2D eigenvalue weighted by molar-refractivity contribution is -0.384. The van der Waals surface area contributed by atoms with Crippen LogP contribution in [0.3, 0.4) is 0 Å². The molecule has 0 atom stereocenters. The van der Waals surface area contributed by atoms with E-state index < -0.39 is 11.0 Å². The topological polar surface area (TPSA) is 99.3 Å². The smallest absolute Gasteiger partial charge is 0.321 e. The van der Waals surface area contributed by atoms with E-state index in [0.29, 0.717) is 12.2 Å². The van der Waals surface area contributed by atoms with Crippen LogP contribution in [-0.4, -0.2) is 29.4 Å². The van der Waals surface area contributed by atoms with Crippen LogP contribution in [0.4, 0.5) is 16.2 Å². The highest BCUT2D eigenvalue weighted by atomic mass is 16.6. The van der Waals surface area contributed by atoms with Gasteiger partial charge in [-0.3, -0.25) is 10.1 Å². The Hall–Kier alpha value is -2.62. The number of benzene rings is 1. The van der Waals surface area contributed by atoms with Gasteiger partial charge in [0.15, 0.2) is 0 Å². The Labute approximate surface area is 104 Å². The molecule has 1 rings (SSSR count). The Morgan fingerprint density at radius 3 is 2.94 bits per heavy atom. The van der Waals surface area contributed by atoms with Gasteiger partial charge < -0.3 is 10.2 Å². The first-order valence-corrected chi connectivity index (χ1v) is 5.18. The summed E-state index contributed by atoms with van der Waals surface area (Å²) in [5.74, 6) is 0. The molecule has 0 saturated carbocycles. The van der Waals surface area contributed by atoms with Gasteiger partial charge in [-0.15, -0.1) is 0 Å². The molecule has 7 nitrogen and oxygen atoms in total. The van der Waals surface area contributed by atoms with Crippen LogP contribution in [0, 0.1) is 21.4 Å². The number of hydrogen-bond acceptors (Lipinski definition) is 4. The molecule has 0 aliphatic carbocycles. The largest absolute Gasteiger partial charge is 0.327 e. The third-order valence-corrected chi connectivity index (χ3v) is 2.21. The van der Waals surface area contributed by atoms with E-state index in [9.17, 15) is 14.9 Å². The van der Waals surface area contributed by atoms with Crippen molar-refractivity contribution in [1.29, 1.82) is 5.26 Å². The van der Waals surface area contributed by atoms with Gasteiger partial charge in [-0.05, 0) is 6.07 Å². The van der Waals surface area contributed by atoms with Crippen LogP contribution in [0.25, 0.3) is 0 Å². The van der Waals surface area contributed by atoms with Gasteiger partial charge in [0.2, 0.25) is 0 Å². The third kappa shape index (κ3) is 3.75. The molecule has 1 aromatic carbocycles. The van der Waals surface area contributed by atoms with E-state index in [2.05, 4.69) is 5.32 Å². The van der Waals surface area contributed by atoms with Gasteiger partial charge in [0.05, 0.1) is 17.4 Å². The molecule has 1 N–H and O–H groups in total. The Bertz CT molecular complexity index is 495. The maximum Gasteiger partial charge on any atom is 0.321 e. The average molecular weight is 248 g/mol. The van der Waals surface area contributed by atoms with Crippen LogP contribution in [0.2, 0.25) is 0 Å². The predicted molar refractivity (Wildman–Crippen MR) is 65.0 cm³/mol. The average Bonchev–Trinajstić information content (AvgIpc) is 2.36. The second-order valence-corrected chi connectivity index (χ2v) is 3.57. The zero-order valence-electron chi connectivity index (χ0n) is 9.79. The number of nitriles is 1. The lowest BCUT2D eigenvalue weighted by Gasteiger charge is -2.16. The SMILES string of the molecule is CN(CCC#N)C(=O)Nc1cccc([N+](=O)[O-])c1. The molecule has 0 aliphatic heterocycles. The molecule has 0 unspecified atom stereocenters. The molecular weight excluding hydrogens is 236 g/mol.